The lowest BCUT2D eigenvalue weighted by molar-refractivity contribution is 0.435. The molecule has 0 radical (unpaired) electrons. The van der Waals surface area contributed by atoms with Crippen LogP contribution in [-0.4, -0.2) is 9.13 Å². The van der Waals surface area contributed by atoms with Gasteiger partial charge in [0.15, 0.2) is 0 Å². The van der Waals surface area contributed by atoms with Crippen molar-refractivity contribution in [2.24, 2.45) is 5.92 Å². The Morgan fingerprint density at radius 3 is 2.61 bits per heavy atom. The summed E-state index contributed by atoms with van der Waals surface area (Å²) in [4.78, 5) is 24.1. The van der Waals surface area contributed by atoms with Gasteiger partial charge in [-0.3, -0.25) is 13.9 Å². The van der Waals surface area contributed by atoms with Crippen molar-refractivity contribution in [1.82, 2.24) is 9.13 Å². The molecule has 2 rings (SSSR count). The maximum absolute atomic E-state index is 12.1. The van der Waals surface area contributed by atoms with Gasteiger partial charge < -0.3 is 0 Å². The fourth-order valence-corrected chi connectivity index (χ4v) is 3.28. The first-order valence-corrected chi connectivity index (χ1v) is 7.71. The summed E-state index contributed by atoms with van der Waals surface area (Å²) in [6.45, 7) is 3.10. The molecular formula is C13H19IN2O2. The molecule has 18 heavy (non-hydrogen) atoms. The molecule has 1 saturated carbocycles. The number of nitrogens with zero attached hydrogens (tertiary/aromatic N) is 2. The molecule has 0 atom stereocenters. The van der Waals surface area contributed by atoms with Crippen molar-refractivity contribution >= 4 is 22.6 Å². The van der Waals surface area contributed by atoms with Gasteiger partial charge in [-0.25, -0.2) is 4.79 Å². The summed E-state index contributed by atoms with van der Waals surface area (Å²) >= 11 is 2.01. The van der Waals surface area contributed by atoms with Crippen LogP contribution in [0.3, 0.4) is 0 Å². The summed E-state index contributed by atoms with van der Waals surface area (Å²) in [7, 11) is 0. The molecule has 1 aliphatic carbocycles. The van der Waals surface area contributed by atoms with Crippen molar-refractivity contribution in [1.29, 1.82) is 0 Å². The summed E-state index contributed by atoms with van der Waals surface area (Å²) in [6.07, 6.45) is 7.70. The van der Waals surface area contributed by atoms with Crippen LogP contribution in [0.25, 0.3) is 0 Å². The van der Waals surface area contributed by atoms with Gasteiger partial charge in [-0.1, -0.05) is 25.7 Å². The van der Waals surface area contributed by atoms with E-state index >= 15 is 0 Å². The molecule has 1 aromatic rings. The minimum absolute atomic E-state index is 0.136. The zero-order valence-electron chi connectivity index (χ0n) is 10.7. The Hall–Kier alpha value is -0.590. The van der Waals surface area contributed by atoms with E-state index in [0.717, 1.165) is 6.42 Å². The lowest BCUT2D eigenvalue weighted by Crippen LogP contribution is -2.41. The van der Waals surface area contributed by atoms with E-state index in [9.17, 15) is 9.59 Å². The second kappa shape index (κ2) is 6.04. The highest BCUT2D eigenvalue weighted by Crippen LogP contribution is 2.27. The second-order valence-corrected chi connectivity index (χ2v) is 6.10. The zero-order chi connectivity index (χ0) is 13.1. The third kappa shape index (κ3) is 2.87. The van der Waals surface area contributed by atoms with E-state index in [2.05, 4.69) is 0 Å². The summed E-state index contributed by atoms with van der Waals surface area (Å²) in [5.74, 6) is 0.698. The van der Waals surface area contributed by atoms with E-state index in [1.807, 2.05) is 29.5 Å². The topological polar surface area (TPSA) is 44.0 Å². The number of rotatable bonds is 4. The van der Waals surface area contributed by atoms with E-state index in [0.29, 0.717) is 22.6 Å². The first-order valence-electron chi connectivity index (χ1n) is 6.63. The van der Waals surface area contributed by atoms with E-state index in [1.54, 1.807) is 10.8 Å². The number of halogens is 1. The third-order valence-corrected chi connectivity index (χ3v) is 4.51. The van der Waals surface area contributed by atoms with E-state index in [-0.39, 0.29) is 11.2 Å². The van der Waals surface area contributed by atoms with Crippen LogP contribution < -0.4 is 11.2 Å². The molecule has 1 fully saturated rings. The first-order chi connectivity index (χ1) is 8.63. The quantitative estimate of drug-likeness (QED) is 0.771. The minimum atomic E-state index is -0.166. The number of aryl methyl sites for hydroxylation is 1. The van der Waals surface area contributed by atoms with Gasteiger partial charge in [0.1, 0.15) is 0 Å². The van der Waals surface area contributed by atoms with Gasteiger partial charge in [-0.05, 0) is 41.9 Å². The van der Waals surface area contributed by atoms with E-state index in [1.165, 1.54) is 30.3 Å². The maximum atomic E-state index is 12.1. The molecule has 0 N–H and O–H groups in total. The average Bonchev–Trinajstić information content (AvgIpc) is 2.87. The molecule has 0 amide bonds. The van der Waals surface area contributed by atoms with E-state index in [4.69, 9.17) is 0 Å². The van der Waals surface area contributed by atoms with Crippen molar-refractivity contribution in [3.8, 4) is 0 Å². The average molecular weight is 362 g/mol. The molecule has 1 aliphatic rings. The van der Waals surface area contributed by atoms with Crippen LogP contribution in [0.15, 0.2) is 15.8 Å². The molecule has 100 valence electrons. The summed E-state index contributed by atoms with van der Waals surface area (Å²) in [5.41, 5.74) is -0.302. The Bertz CT molecular complexity index is 527. The van der Waals surface area contributed by atoms with Crippen LogP contribution in [0.4, 0.5) is 0 Å². The van der Waals surface area contributed by atoms with Crippen LogP contribution in [0.1, 0.15) is 39.0 Å². The molecule has 0 spiro atoms. The lowest BCUT2D eigenvalue weighted by Gasteiger charge is -2.12. The SMILES string of the molecule is CCn1cc(I)c(=O)n(CCC2CCCC2)c1=O. The van der Waals surface area contributed by atoms with Crippen LogP contribution in [0.2, 0.25) is 0 Å². The van der Waals surface area contributed by atoms with Crippen molar-refractivity contribution in [2.45, 2.75) is 52.1 Å². The Labute approximate surface area is 120 Å². The molecule has 0 unspecified atom stereocenters. The maximum Gasteiger partial charge on any atom is 0.331 e. The predicted octanol–water partition coefficient (Wildman–Crippen LogP) is 2.21. The van der Waals surface area contributed by atoms with Crippen LogP contribution in [0, 0.1) is 9.49 Å². The van der Waals surface area contributed by atoms with Gasteiger partial charge >= 0.3 is 5.69 Å². The molecule has 5 heteroatoms. The van der Waals surface area contributed by atoms with Crippen molar-refractivity contribution in [2.75, 3.05) is 0 Å². The fourth-order valence-electron chi connectivity index (χ4n) is 2.65. The first kappa shape index (κ1) is 13.8. The van der Waals surface area contributed by atoms with Gasteiger partial charge in [-0.15, -0.1) is 0 Å². The number of aromatic nitrogens is 2. The summed E-state index contributed by atoms with van der Waals surface area (Å²) in [5, 5.41) is 0. The van der Waals surface area contributed by atoms with Crippen molar-refractivity contribution in [3.63, 3.8) is 0 Å². The Kier molecular flexibility index (Phi) is 4.64. The van der Waals surface area contributed by atoms with Gasteiger partial charge in [-0.2, -0.15) is 0 Å². The highest BCUT2D eigenvalue weighted by molar-refractivity contribution is 14.1. The molecular weight excluding hydrogens is 343 g/mol. The highest BCUT2D eigenvalue weighted by atomic mass is 127. The Balaban J connectivity index is 2.23. The minimum Gasteiger partial charge on any atom is -0.300 e. The molecule has 0 aromatic carbocycles. The number of hydrogen-bond acceptors (Lipinski definition) is 2. The molecule has 4 nitrogen and oxygen atoms in total. The zero-order valence-corrected chi connectivity index (χ0v) is 12.9. The Morgan fingerprint density at radius 2 is 2.00 bits per heavy atom. The smallest absolute Gasteiger partial charge is 0.300 e. The summed E-state index contributed by atoms with van der Waals surface area (Å²) in [6, 6.07) is 0. The summed E-state index contributed by atoms with van der Waals surface area (Å²) < 4.78 is 3.64. The molecule has 0 saturated heterocycles. The lowest BCUT2D eigenvalue weighted by atomic mass is 10.0. The van der Waals surface area contributed by atoms with Gasteiger partial charge in [0, 0.05) is 19.3 Å². The molecule has 0 aliphatic heterocycles. The van der Waals surface area contributed by atoms with Crippen LogP contribution >= 0.6 is 22.6 Å². The molecule has 1 heterocycles. The second-order valence-electron chi connectivity index (χ2n) is 4.94. The standard InChI is InChI=1S/C13H19IN2O2/c1-2-15-9-11(14)12(17)16(13(15)18)8-7-10-5-3-4-6-10/h9-10H,2-8H2,1H3. The fraction of sp³-hybridized carbons (Fsp3) is 0.692. The third-order valence-electron chi connectivity index (χ3n) is 3.77. The van der Waals surface area contributed by atoms with Crippen molar-refractivity contribution < 1.29 is 0 Å². The van der Waals surface area contributed by atoms with E-state index < -0.39 is 0 Å². The van der Waals surface area contributed by atoms with Gasteiger partial charge in [0.2, 0.25) is 0 Å². The highest BCUT2D eigenvalue weighted by Gasteiger charge is 2.16. The monoisotopic (exact) mass is 362 g/mol. The molecule has 0 bridgehead atoms. The van der Waals surface area contributed by atoms with Crippen molar-refractivity contribution in [3.05, 3.63) is 30.6 Å². The normalized spacial score (nSPS) is 16.3. The molecule has 1 aromatic heterocycles. The Morgan fingerprint density at radius 1 is 1.33 bits per heavy atom. The predicted molar refractivity (Wildman–Crippen MR) is 79.9 cm³/mol. The van der Waals surface area contributed by atoms with Gasteiger partial charge in [0.25, 0.3) is 5.56 Å². The largest absolute Gasteiger partial charge is 0.331 e. The van der Waals surface area contributed by atoms with Gasteiger partial charge in [0.05, 0.1) is 3.57 Å². The van der Waals surface area contributed by atoms with Crippen LogP contribution in [0.5, 0.6) is 0 Å². The van der Waals surface area contributed by atoms with Crippen LogP contribution in [-0.2, 0) is 13.1 Å². The number of hydrogen-bond donors (Lipinski definition) is 0.